The molecule has 0 aliphatic heterocycles. The first kappa shape index (κ1) is 17.0. The fraction of sp³-hybridized carbons (Fsp3) is 0.533. The Morgan fingerprint density at radius 1 is 1.40 bits per heavy atom. The van der Waals surface area contributed by atoms with Gasteiger partial charge in [-0.05, 0) is 37.1 Å². The smallest absolute Gasteiger partial charge is 0.223 e. The molecule has 0 saturated carbocycles. The maximum absolute atomic E-state index is 12.8. The molecule has 2 atom stereocenters. The predicted octanol–water partition coefficient (Wildman–Crippen LogP) is 2.83. The molecule has 112 valence electrons. The second kappa shape index (κ2) is 8.97. The van der Waals surface area contributed by atoms with Crippen LogP contribution in [0.2, 0.25) is 0 Å². The third-order valence-electron chi connectivity index (χ3n) is 3.01. The summed E-state index contributed by atoms with van der Waals surface area (Å²) in [6.45, 7) is 4.27. The van der Waals surface area contributed by atoms with Gasteiger partial charge in [-0.1, -0.05) is 13.8 Å². The first-order chi connectivity index (χ1) is 9.52. The highest BCUT2D eigenvalue weighted by Gasteiger charge is 2.13. The minimum Gasteiger partial charge on any atom is -0.393 e. The third kappa shape index (κ3) is 6.39. The van der Waals surface area contributed by atoms with E-state index in [0.29, 0.717) is 25.1 Å². The molecule has 2 unspecified atom stereocenters. The minimum atomic E-state index is -0.348. The third-order valence-corrected chi connectivity index (χ3v) is 4.28. The molecule has 20 heavy (non-hydrogen) atoms. The van der Waals surface area contributed by atoms with Crippen molar-refractivity contribution in [2.75, 3.05) is 12.3 Å². The second-order valence-corrected chi connectivity index (χ2v) is 5.90. The van der Waals surface area contributed by atoms with E-state index >= 15 is 0 Å². The lowest BCUT2D eigenvalue weighted by Gasteiger charge is -2.13. The Hall–Kier alpha value is -1.07. The summed E-state index contributed by atoms with van der Waals surface area (Å²) in [5, 5.41) is 12.2. The summed E-state index contributed by atoms with van der Waals surface area (Å²) < 4.78 is 12.8. The SMILES string of the molecule is CCC(O)CCNC(=O)C(C)CSc1ccc(F)cc1. The Morgan fingerprint density at radius 3 is 2.65 bits per heavy atom. The first-order valence-corrected chi connectivity index (χ1v) is 7.85. The molecule has 0 heterocycles. The van der Waals surface area contributed by atoms with Crippen LogP contribution in [-0.4, -0.2) is 29.4 Å². The number of halogens is 1. The number of hydrogen-bond donors (Lipinski definition) is 2. The number of thioether (sulfide) groups is 1. The summed E-state index contributed by atoms with van der Waals surface area (Å²) in [5.74, 6) is 0.259. The second-order valence-electron chi connectivity index (χ2n) is 4.81. The standard InChI is InChI=1S/C15H22FNO2S/c1-3-13(18)8-9-17-15(19)11(2)10-20-14-6-4-12(16)5-7-14/h4-7,11,13,18H,3,8-10H2,1-2H3,(H,17,19). The molecule has 1 rings (SSSR count). The average molecular weight is 299 g/mol. The highest BCUT2D eigenvalue weighted by molar-refractivity contribution is 7.99. The van der Waals surface area contributed by atoms with Gasteiger partial charge < -0.3 is 10.4 Å². The van der Waals surface area contributed by atoms with Crippen molar-refractivity contribution >= 4 is 17.7 Å². The number of nitrogens with one attached hydrogen (secondary N) is 1. The predicted molar refractivity (Wildman–Crippen MR) is 80.2 cm³/mol. The zero-order valence-corrected chi connectivity index (χ0v) is 12.8. The molecule has 1 aromatic rings. The van der Waals surface area contributed by atoms with Crippen molar-refractivity contribution in [1.82, 2.24) is 5.32 Å². The number of aliphatic hydroxyl groups is 1. The Labute approximate surface area is 124 Å². The summed E-state index contributed by atoms with van der Waals surface area (Å²) in [5.41, 5.74) is 0. The highest BCUT2D eigenvalue weighted by atomic mass is 32.2. The Kier molecular flexibility index (Phi) is 7.62. The van der Waals surface area contributed by atoms with Gasteiger partial charge in [-0.2, -0.15) is 0 Å². The van der Waals surface area contributed by atoms with E-state index in [-0.39, 0.29) is 23.7 Å². The van der Waals surface area contributed by atoms with Crippen LogP contribution in [0.15, 0.2) is 29.2 Å². The van der Waals surface area contributed by atoms with Crippen LogP contribution in [0, 0.1) is 11.7 Å². The molecule has 0 radical (unpaired) electrons. The van der Waals surface area contributed by atoms with Crippen molar-refractivity contribution < 1.29 is 14.3 Å². The van der Waals surface area contributed by atoms with E-state index in [1.807, 2.05) is 13.8 Å². The first-order valence-electron chi connectivity index (χ1n) is 6.87. The molecule has 2 N–H and O–H groups in total. The maximum atomic E-state index is 12.8. The van der Waals surface area contributed by atoms with E-state index in [1.54, 1.807) is 12.1 Å². The fourth-order valence-corrected chi connectivity index (χ4v) is 2.49. The van der Waals surface area contributed by atoms with Crippen LogP contribution in [0.1, 0.15) is 26.7 Å². The number of carbonyl (C=O) groups excluding carboxylic acids is 1. The summed E-state index contributed by atoms with van der Waals surface area (Å²) in [7, 11) is 0. The van der Waals surface area contributed by atoms with Gasteiger partial charge in [-0.15, -0.1) is 11.8 Å². The zero-order valence-electron chi connectivity index (χ0n) is 11.9. The number of hydrogen-bond acceptors (Lipinski definition) is 3. The summed E-state index contributed by atoms with van der Waals surface area (Å²) >= 11 is 1.53. The molecule has 0 bridgehead atoms. The lowest BCUT2D eigenvalue weighted by atomic mass is 10.2. The van der Waals surface area contributed by atoms with Gasteiger partial charge in [0.05, 0.1) is 6.10 Å². The average Bonchev–Trinajstić information content (AvgIpc) is 2.45. The largest absolute Gasteiger partial charge is 0.393 e. The van der Waals surface area contributed by atoms with Gasteiger partial charge >= 0.3 is 0 Å². The number of aliphatic hydroxyl groups excluding tert-OH is 1. The monoisotopic (exact) mass is 299 g/mol. The Bertz CT molecular complexity index is 411. The van der Waals surface area contributed by atoms with Crippen molar-refractivity contribution in [3.8, 4) is 0 Å². The van der Waals surface area contributed by atoms with Gasteiger partial charge in [0, 0.05) is 23.1 Å². The van der Waals surface area contributed by atoms with E-state index in [0.717, 1.165) is 4.90 Å². The van der Waals surface area contributed by atoms with Crippen LogP contribution in [0.3, 0.4) is 0 Å². The van der Waals surface area contributed by atoms with Gasteiger partial charge in [0.1, 0.15) is 5.82 Å². The van der Waals surface area contributed by atoms with Gasteiger partial charge in [-0.3, -0.25) is 4.79 Å². The van der Waals surface area contributed by atoms with E-state index in [9.17, 15) is 14.3 Å². The summed E-state index contributed by atoms with van der Waals surface area (Å²) in [4.78, 5) is 12.8. The number of benzene rings is 1. The molecular weight excluding hydrogens is 277 g/mol. The lowest BCUT2D eigenvalue weighted by Crippen LogP contribution is -2.32. The van der Waals surface area contributed by atoms with Gasteiger partial charge in [0.25, 0.3) is 0 Å². The summed E-state index contributed by atoms with van der Waals surface area (Å²) in [6.07, 6.45) is 0.936. The Balaban J connectivity index is 2.26. The van der Waals surface area contributed by atoms with Crippen molar-refractivity contribution in [1.29, 1.82) is 0 Å². The minimum absolute atomic E-state index is 0.0112. The normalized spacial score (nSPS) is 13.8. The topological polar surface area (TPSA) is 49.3 Å². The van der Waals surface area contributed by atoms with Crippen molar-refractivity contribution in [2.24, 2.45) is 5.92 Å². The van der Waals surface area contributed by atoms with E-state index in [1.165, 1.54) is 23.9 Å². The quantitative estimate of drug-likeness (QED) is 0.726. The van der Waals surface area contributed by atoms with Crippen LogP contribution >= 0.6 is 11.8 Å². The van der Waals surface area contributed by atoms with Crippen molar-refractivity contribution in [3.05, 3.63) is 30.1 Å². The molecule has 5 heteroatoms. The molecule has 1 amide bonds. The molecule has 0 fully saturated rings. The van der Waals surface area contributed by atoms with Crippen molar-refractivity contribution in [2.45, 2.75) is 37.7 Å². The zero-order chi connectivity index (χ0) is 15.0. The van der Waals surface area contributed by atoms with Crippen LogP contribution in [0.5, 0.6) is 0 Å². The number of carbonyl (C=O) groups is 1. The molecule has 3 nitrogen and oxygen atoms in total. The van der Waals surface area contributed by atoms with Crippen molar-refractivity contribution in [3.63, 3.8) is 0 Å². The van der Waals surface area contributed by atoms with Gasteiger partial charge in [-0.25, -0.2) is 4.39 Å². The number of rotatable bonds is 8. The van der Waals surface area contributed by atoms with Crippen LogP contribution in [0.4, 0.5) is 4.39 Å². The molecular formula is C15H22FNO2S. The highest BCUT2D eigenvalue weighted by Crippen LogP contribution is 2.20. The fourth-order valence-electron chi connectivity index (χ4n) is 1.57. The molecule has 1 aromatic carbocycles. The lowest BCUT2D eigenvalue weighted by molar-refractivity contribution is -0.123. The molecule has 0 aromatic heterocycles. The van der Waals surface area contributed by atoms with Crippen LogP contribution in [-0.2, 0) is 4.79 Å². The van der Waals surface area contributed by atoms with Crippen LogP contribution < -0.4 is 5.32 Å². The molecule has 0 saturated heterocycles. The van der Waals surface area contributed by atoms with E-state index in [4.69, 9.17) is 0 Å². The molecule has 0 spiro atoms. The van der Waals surface area contributed by atoms with Gasteiger partial charge in [0.2, 0.25) is 5.91 Å². The number of amides is 1. The maximum Gasteiger partial charge on any atom is 0.223 e. The van der Waals surface area contributed by atoms with E-state index < -0.39 is 0 Å². The molecule has 0 aliphatic rings. The Morgan fingerprint density at radius 2 is 2.05 bits per heavy atom. The van der Waals surface area contributed by atoms with Gasteiger partial charge in [0.15, 0.2) is 0 Å². The molecule has 0 aliphatic carbocycles. The van der Waals surface area contributed by atoms with E-state index in [2.05, 4.69) is 5.32 Å². The summed E-state index contributed by atoms with van der Waals surface area (Å²) in [6, 6.07) is 6.25. The van der Waals surface area contributed by atoms with Crippen LogP contribution in [0.25, 0.3) is 0 Å².